The van der Waals surface area contributed by atoms with Gasteiger partial charge in [0.25, 0.3) is 0 Å². The molecule has 1 aromatic carbocycles. The highest BCUT2D eigenvalue weighted by Gasteiger charge is 2.31. The minimum absolute atomic E-state index is 0.238. The van der Waals surface area contributed by atoms with Crippen molar-refractivity contribution in [2.75, 3.05) is 24.5 Å². The van der Waals surface area contributed by atoms with Gasteiger partial charge in [0.05, 0.1) is 6.54 Å². The maximum Gasteiger partial charge on any atom is 0.573 e. The molecule has 0 aliphatic carbocycles. The van der Waals surface area contributed by atoms with Crippen LogP contribution in [0.25, 0.3) is 0 Å². The van der Waals surface area contributed by atoms with Crippen LogP contribution in [0.3, 0.4) is 0 Å². The summed E-state index contributed by atoms with van der Waals surface area (Å²) in [5.41, 5.74) is 0.830. The number of amides is 2. The summed E-state index contributed by atoms with van der Waals surface area (Å²) in [6.45, 7) is 2.37. The summed E-state index contributed by atoms with van der Waals surface area (Å²) in [6.07, 6.45) is -0.323. The molecule has 2 N–H and O–H groups in total. The topological polar surface area (TPSA) is 71.4 Å². The normalized spacial score (nSPS) is 16.9. The van der Waals surface area contributed by atoms with Crippen LogP contribution in [0.2, 0.25) is 0 Å². The summed E-state index contributed by atoms with van der Waals surface area (Å²) >= 11 is 0. The van der Waals surface area contributed by atoms with Gasteiger partial charge in [0.2, 0.25) is 0 Å². The van der Waals surface area contributed by atoms with E-state index in [1.54, 1.807) is 18.3 Å². The number of rotatable bonds is 6. The maximum atomic E-state index is 12.2. The lowest BCUT2D eigenvalue weighted by molar-refractivity contribution is -0.274. The Morgan fingerprint density at radius 2 is 2.04 bits per heavy atom. The number of anilines is 1. The number of alkyl halides is 3. The van der Waals surface area contributed by atoms with Crippen molar-refractivity contribution in [2.45, 2.75) is 19.3 Å². The first kappa shape index (κ1) is 19.8. The first-order valence-corrected chi connectivity index (χ1v) is 8.89. The standard InChI is InChI=1S/C18H22F3N5O2/c1-25-9-7-22-16(25)11-24-17(27)23-10-13-6-8-26(12-13)14-2-4-15(5-3-14)28-18(19,20)21/h2-5,7,9,13H,6,8,10-12H2,1H3,(H2,23,24,27)/t13-/m1/s1. The minimum atomic E-state index is -4.69. The molecule has 2 aromatic rings. The molecule has 1 fully saturated rings. The van der Waals surface area contributed by atoms with Crippen LogP contribution < -0.4 is 20.3 Å². The molecule has 1 aliphatic heterocycles. The smallest absolute Gasteiger partial charge is 0.406 e. The monoisotopic (exact) mass is 397 g/mol. The molecule has 3 rings (SSSR count). The number of benzene rings is 1. The number of carbonyl (C=O) groups is 1. The second-order valence-electron chi connectivity index (χ2n) is 6.66. The highest BCUT2D eigenvalue weighted by molar-refractivity contribution is 5.73. The van der Waals surface area contributed by atoms with E-state index in [4.69, 9.17) is 0 Å². The third-order valence-corrected chi connectivity index (χ3v) is 4.60. The Balaban J connectivity index is 1.41. The van der Waals surface area contributed by atoms with E-state index in [1.165, 1.54) is 12.1 Å². The van der Waals surface area contributed by atoms with Gasteiger partial charge < -0.3 is 24.8 Å². The van der Waals surface area contributed by atoms with Crippen LogP contribution >= 0.6 is 0 Å². The van der Waals surface area contributed by atoms with Crippen molar-refractivity contribution in [1.29, 1.82) is 0 Å². The summed E-state index contributed by atoms with van der Waals surface area (Å²) in [7, 11) is 1.86. The molecule has 1 aliphatic rings. The number of nitrogens with zero attached hydrogens (tertiary/aromatic N) is 3. The number of hydrogen-bond acceptors (Lipinski definition) is 4. The molecular weight excluding hydrogens is 375 g/mol. The molecule has 28 heavy (non-hydrogen) atoms. The summed E-state index contributed by atoms with van der Waals surface area (Å²) < 4.78 is 42.4. The molecule has 1 atom stereocenters. The first-order valence-electron chi connectivity index (χ1n) is 8.89. The molecule has 2 heterocycles. The van der Waals surface area contributed by atoms with E-state index in [-0.39, 0.29) is 17.7 Å². The highest BCUT2D eigenvalue weighted by Crippen LogP contribution is 2.28. The van der Waals surface area contributed by atoms with Gasteiger partial charge in [-0.3, -0.25) is 0 Å². The molecular formula is C18H22F3N5O2. The number of aryl methyl sites for hydroxylation is 1. The molecule has 0 spiro atoms. The number of ether oxygens (including phenoxy) is 1. The average molecular weight is 397 g/mol. The molecule has 2 amide bonds. The maximum absolute atomic E-state index is 12.2. The molecule has 10 heteroatoms. The average Bonchev–Trinajstić information content (AvgIpc) is 3.26. The van der Waals surface area contributed by atoms with Gasteiger partial charge in [-0.05, 0) is 36.6 Å². The molecule has 0 radical (unpaired) electrons. The predicted molar refractivity (Wildman–Crippen MR) is 96.9 cm³/mol. The fourth-order valence-corrected chi connectivity index (χ4v) is 3.12. The van der Waals surface area contributed by atoms with E-state index in [0.717, 1.165) is 31.0 Å². The number of imidazole rings is 1. The zero-order chi connectivity index (χ0) is 20.1. The Morgan fingerprint density at radius 3 is 2.68 bits per heavy atom. The number of hydrogen-bond donors (Lipinski definition) is 2. The van der Waals surface area contributed by atoms with Crippen LogP contribution in [-0.4, -0.2) is 41.6 Å². The molecule has 0 saturated carbocycles. The number of carbonyl (C=O) groups excluding carboxylic acids is 1. The van der Waals surface area contributed by atoms with Gasteiger partial charge in [-0.1, -0.05) is 0 Å². The minimum Gasteiger partial charge on any atom is -0.406 e. The van der Waals surface area contributed by atoms with Crippen molar-refractivity contribution in [3.63, 3.8) is 0 Å². The van der Waals surface area contributed by atoms with Gasteiger partial charge in [-0.2, -0.15) is 0 Å². The van der Waals surface area contributed by atoms with Crippen molar-refractivity contribution < 1.29 is 22.7 Å². The van der Waals surface area contributed by atoms with Crippen LogP contribution in [-0.2, 0) is 13.6 Å². The zero-order valence-corrected chi connectivity index (χ0v) is 15.4. The van der Waals surface area contributed by atoms with E-state index in [9.17, 15) is 18.0 Å². The molecule has 0 unspecified atom stereocenters. The zero-order valence-electron chi connectivity index (χ0n) is 15.4. The van der Waals surface area contributed by atoms with Gasteiger partial charge >= 0.3 is 12.4 Å². The molecule has 1 saturated heterocycles. The Bertz CT molecular complexity index is 791. The third-order valence-electron chi connectivity index (χ3n) is 4.60. The number of halogens is 3. The van der Waals surface area contributed by atoms with Crippen molar-refractivity contribution in [2.24, 2.45) is 13.0 Å². The van der Waals surface area contributed by atoms with E-state index in [1.807, 2.05) is 17.8 Å². The Morgan fingerprint density at radius 1 is 1.29 bits per heavy atom. The number of urea groups is 1. The van der Waals surface area contributed by atoms with Gasteiger partial charge in [0, 0.05) is 44.8 Å². The molecule has 0 bridgehead atoms. The van der Waals surface area contributed by atoms with E-state index in [2.05, 4.69) is 25.3 Å². The number of nitrogens with one attached hydrogen (secondary N) is 2. The third kappa shape index (κ3) is 5.54. The highest BCUT2D eigenvalue weighted by atomic mass is 19.4. The lowest BCUT2D eigenvalue weighted by Gasteiger charge is -2.19. The van der Waals surface area contributed by atoms with E-state index >= 15 is 0 Å². The second kappa shape index (κ2) is 8.41. The fraction of sp³-hybridized carbons (Fsp3) is 0.444. The van der Waals surface area contributed by atoms with E-state index < -0.39 is 6.36 Å². The van der Waals surface area contributed by atoms with Crippen LogP contribution in [0.15, 0.2) is 36.7 Å². The predicted octanol–water partition coefficient (Wildman–Crippen LogP) is 2.64. The van der Waals surface area contributed by atoms with Gasteiger partial charge in [-0.25, -0.2) is 9.78 Å². The summed E-state index contributed by atoms with van der Waals surface area (Å²) in [5, 5.41) is 5.62. The summed E-state index contributed by atoms with van der Waals surface area (Å²) in [6, 6.07) is 5.57. The number of aromatic nitrogens is 2. The van der Waals surface area contributed by atoms with Crippen molar-refractivity contribution in [1.82, 2.24) is 20.2 Å². The van der Waals surface area contributed by atoms with Gasteiger partial charge in [0.1, 0.15) is 11.6 Å². The quantitative estimate of drug-likeness (QED) is 0.786. The van der Waals surface area contributed by atoms with E-state index in [0.29, 0.717) is 13.1 Å². The Kier molecular flexibility index (Phi) is 5.96. The summed E-state index contributed by atoms with van der Waals surface area (Å²) in [4.78, 5) is 18.1. The molecule has 1 aromatic heterocycles. The van der Waals surface area contributed by atoms with Crippen LogP contribution in [0.5, 0.6) is 5.75 Å². The lowest BCUT2D eigenvalue weighted by Crippen LogP contribution is -2.38. The van der Waals surface area contributed by atoms with Crippen molar-refractivity contribution >= 4 is 11.7 Å². The summed E-state index contributed by atoms with van der Waals surface area (Å²) in [5.74, 6) is 0.795. The van der Waals surface area contributed by atoms with Crippen LogP contribution in [0, 0.1) is 5.92 Å². The molecule has 7 nitrogen and oxygen atoms in total. The Labute approximate surface area is 160 Å². The fourth-order valence-electron chi connectivity index (χ4n) is 3.12. The lowest BCUT2D eigenvalue weighted by atomic mass is 10.1. The largest absolute Gasteiger partial charge is 0.573 e. The van der Waals surface area contributed by atoms with Crippen molar-refractivity contribution in [3.05, 3.63) is 42.5 Å². The van der Waals surface area contributed by atoms with Crippen LogP contribution in [0.4, 0.5) is 23.7 Å². The second-order valence-corrected chi connectivity index (χ2v) is 6.66. The van der Waals surface area contributed by atoms with Gasteiger partial charge in [-0.15, -0.1) is 13.2 Å². The molecule has 152 valence electrons. The van der Waals surface area contributed by atoms with Crippen LogP contribution in [0.1, 0.15) is 12.2 Å². The SMILES string of the molecule is Cn1ccnc1CNC(=O)NC[C@H]1CCN(c2ccc(OC(F)(F)F)cc2)C1. The van der Waals surface area contributed by atoms with Gasteiger partial charge in [0.15, 0.2) is 0 Å². The first-order chi connectivity index (χ1) is 13.3. The Hall–Kier alpha value is -2.91. The van der Waals surface area contributed by atoms with Crippen molar-refractivity contribution in [3.8, 4) is 5.75 Å².